The molecule has 1 aliphatic rings. The topological polar surface area (TPSA) is 76.1 Å². The first-order valence-electron chi connectivity index (χ1n) is 8.17. The summed E-state index contributed by atoms with van der Waals surface area (Å²) in [5.41, 5.74) is 0.130. The van der Waals surface area contributed by atoms with Gasteiger partial charge in [0.25, 0.3) is 5.91 Å². The zero-order valence-electron chi connectivity index (χ0n) is 14.4. The summed E-state index contributed by atoms with van der Waals surface area (Å²) in [7, 11) is 1.41. The van der Waals surface area contributed by atoms with E-state index in [2.05, 4.69) is 0 Å². The minimum atomic E-state index is -1.22. The summed E-state index contributed by atoms with van der Waals surface area (Å²) < 4.78 is 38.8. The molecule has 1 saturated heterocycles. The van der Waals surface area contributed by atoms with E-state index < -0.39 is 29.6 Å². The fourth-order valence-electron chi connectivity index (χ4n) is 2.92. The van der Waals surface area contributed by atoms with E-state index in [-0.39, 0.29) is 36.4 Å². The van der Waals surface area contributed by atoms with Crippen molar-refractivity contribution in [3.63, 3.8) is 0 Å². The van der Waals surface area contributed by atoms with Crippen molar-refractivity contribution >= 4 is 11.9 Å². The van der Waals surface area contributed by atoms with Gasteiger partial charge in [0.15, 0.2) is 6.04 Å². The average molecular weight is 377 g/mol. The Labute approximate surface area is 153 Å². The minimum Gasteiger partial charge on any atom is -0.497 e. The van der Waals surface area contributed by atoms with Crippen molar-refractivity contribution in [2.24, 2.45) is 0 Å². The SMILES string of the molecule is COc1ccc(-c2ccc(C(=O)N3CCOCC3C(=O)O)c(F)c2)c(F)c1. The van der Waals surface area contributed by atoms with Crippen LogP contribution in [0, 0.1) is 11.6 Å². The molecule has 1 atom stereocenters. The highest BCUT2D eigenvalue weighted by molar-refractivity contribution is 5.97. The van der Waals surface area contributed by atoms with Gasteiger partial charge in [-0.3, -0.25) is 4.79 Å². The summed E-state index contributed by atoms with van der Waals surface area (Å²) in [5, 5.41) is 9.22. The lowest BCUT2D eigenvalue weighted by Crippen LogP contribution is -2.52. The highest BCUT2D eigenvalue weighted by Gasteiger charge is 2.34. The molecule has 1 heterocycles. The van der Waals surface area contributed by atoms with E-state index in [0.29, 0.717) is 5.75 Å². The molecule has 0 aliphatic carbocycles. The van der Waals surface area contributed by atoms with Crippen molar-refractivity contribution < 1.29 is 33.0 Å². The second-order valence-corrected chi connectivity index (χ2v) is 5.97. The summed E-state index contributed by atoms with van der Waals surface area (Å²) in [6.45, 7) is 0.0637. The number of nitrogens with zero attached hydrogens (tertiary/aromatic N) is 1. The van der Waals surface area contributed by atoms with Crippen molar-refractivity contribution in [3.05, 3.63) is 53.6 Å². The third kappa shape index (κ3) is 3.75. The fourth-order valence-corrected chi connectivity index (χ4v) is 2.92. The predicted molar refractivity (Wildman–Crippen MR) is 91.6 cm³/mol. The summed E-state index contributed by atoms with van der Waals surface area (Å²) >= 11 is 0. The van der Waals surface area contributed by atoms with E-state index in [0.717, 1.165) is 11.0 Å². The predicted octanol–water partition coefficient (Wildman–Crippen LogP) is 2.57. The lowest BCUT2D eigenvalue weighted by molar-refractivity contribution is -0.147. The second-order valence-electron chi connectivity index (χ2n) is 5.97. The van der Waals surface area contributed by atoms with Gasteiger partial charge in [0.1, 0.15) is 17.4 Å². The van der Waals surface area contributed by atoms with Gasteiger partial charge in [0.05, 0.1) is 25.9 Å². The Morgan fingerprint density at radius 1 is 1.19 bits per heavy atom. The van der Waals surface area contributed by atoms with Gasteiger partial charge in [-0.05, 0) is 29.8 Å². The molecule has 2 aromatic rings. The Hall–Kier alpha value is -3.00. The zero-order valence-corrected chi connectivity index (χ0v) is 14.4. The first-order valence-corrected chi connectivity index (χ1v) is 8.17. The van der Waals surface area contributed by atoms with Crippen LogP contribution in [0.3, 0.4) is 0 Å². The molecule has 27 heavy (non-hydrogen) atoms. The number of methoxy groups -OCH3 is 1. The maximum Gasteiger partial charge on any atom is 0.328 e. The summed E-state index contributed by atoms with van der Waals surface area (Å²) in [4.78, 5) is 25.0. The lowest BCUT2D eigenvalue weighted by atomic mass is 10.0. The highest BCUT2D eigenvalue weighted by Crippen LogP contribution is 2.28. The number of carboxylic acids is 1. The van der Waals surface area contributed by atoms with E-state index >= 15 is 0 Å². The molecule has 0 bridgehead atoms. The average Bonchev–Trinajstić information content (AvgIpc) is 2.67. The van der Waals surface area contributed by atoms with Crippen LogP contribution in [0.1, 0.15) is 10.4 Å². The van der Waals surface area contributed by atoms with Crippen LogP contribution in [0.15, 0.2) is 36.4 Å². The molecule has 1 fully saturated rings. The number of rotatable bonds is 4. The van der Waals surface area contributed by atoms with Gasteiger partial charge in [0.2, 0.25) is 0 Å². The van der Waals surface area contributed by atoms with Crippen molar-refractivity contribution in [1.82, 2.24) is 4.90 Å². The quantitative estimate of drug-likeness (QED) is 0.886. The van der Waals surface area contributed by atoms with Crippen LogP contribution >= 0.6 is 0 Å². The Balaban J connectivity index is 1.90. The van der Waals surface area contributed by atoms with E-state index in [9.17, 15) is 23.5 Å². The first-order chi connectivity index (χ1) is 12.9. The summed E-state index contributed by atoms with van der Waals surface area (Å²) in [6, 6.07) is 6.69. The number of benzene rings is 2. The van der Waals surface area contributed by atoms with Crippen LogP contribution in [0.4, 0.5) is 8.78 Å². The van der Waals surface area contributed by atoms with E-state index in [1.54, 1.807) is 6.07 Å². The van der Waals surface area contributed by atoms with Crippen LogP contribution < -0.4 is 4.74 Å². The van der Waals surface area contributed by atoms with Crippen LogP contribution in [-0.2, 0) is 9.53 Å². The second kappa shape index (κ2) is 7.71. The molecule has 1 amide bonds. The molecular weight excluding hydrogens is 360 g/mol. The summed E-state index contributed by atoms with van der Waals surface area (Å²) in [6.07, 6.45) is 0. The number of aliphatic carboxylic acids is 1. The Kier molecular flexibility index (Phi) is 5.36. The van der Waals surface area contributed by atoms with Crippen LogP contribution in [-0.4, -0.2) is 54.8 Å². The Morgan fingerprint density at radius 2 is 1.96 bits per heavy atom. The lowest BCUT2D eigenvalue weighted by Gasteiger charge is -2.33. The maximum absolute atomic E-state index is 14.6. The first kappa shape index (κ1) is 18.8. The smallest absolute Gasteiger partial charge is 0.328 e. The number of halogens is 2. The number of amides is 1. The van der Waals surface area contributed by atoms with Gasteiger partial charge in [-0.25, -0.2) is 13.6 Å². The molecule has 0 aromatic heterocycles. The largest absolute Gasteiger partial charge is 0.497 e. The van der Waals surface area contributed by atoms with Gasteiger partial charge in [-0.15, -0.1) is 0 Å². The van der Waals surface area contributed by atoms with Crippen molar-refractivity contribution in [2.45, 2.75) is 6.04 Å². The van der Waals surface area contributed by atoms with Gasteiger partial charge in [-0.2, -0.15) is 0 Å². The standard InChI is InChI=1S/C19H17F2NO5/c1-26-12-3-5-13(16(21)9-12)11-2-4-14(15(20)8-11)18(23)22-6-7-27-10-17(22)19(24)25/h2-5,8-9,17H,6-7,10H2,1H3,(H,24,25). The Bertz CT molecular complexity index is 886. The molecule has 6 nitrogen and oxygen atoms in total. The van der Waals surface area contributed by atoms with Crippen LogP contribution in [0.25, 0.3) is 11.1 Å². The van der Waals surface area contributed by atoms with Crippen molar-refractivity contribution in [1.29, 1.82) is 0 Å². The number of carboxylic acid groups (broad SMARTS) is 1. The number of carbonyl (C=O) groups is 2. The van der Waals surface area contributed by atoms with Crippen molar-refractivity contribution in [3.8, 4) is 16.9 Å². The van der Waals surface area contributed by atoms with E-state index in [1.807, 2.05) is 0 Å². The third-order valence-electron chi connectivity index (χ3n) is 4.36. The third-order valence-corrected chi connectivity index (χ3v) is 4.36. The number of ether oxygens (including phenoxy) is 2. The normalized spacial score (nSPS) is 16.9. The molecule has 1 aliphatic heterocycles. The van der Waals surface area contributed by atoms with Crippen LogP contribution in [0.5, 0.6) is 5.75 Å². The molecule has 142 valence electrons. The van der Waals surface area contributed by atoms with Gasteiger partial charge >= 0.3 is 5.97 Å². The molecule has 0 saturated carbocycles. The molecule has 3 rings (SSSR count). The molecule has 0 spiro atoms. The number of hydrogen-bond acceptors (Lipinski definition) is 4. The maximum atomic E-state index is 14.6. The summed E-state index contributed by atoms with van der Waals surface area (Å²) in [5.74, 6) is -3.09. The number of hydrogen-bond donors (Lipinski definition) is 1. The molecule has 0 radical (unpaired) electrons. The molecule has 1 unspecified atom stereocenters. The van der Waals surface area contributed by atoms with Crippen LogP contribution in [0.2, 0.25) is 0 Å². The van der Waals surface area contributed by atoms with Gasteiger partial charge < -0.3 is 19.5 Å². The van der Waals surface area contributed by atoms with Gasteiger partial charge in [0, 0.05) is 18.2 Å². The van der Waals surface area contributed by atoms with E-state index in [1.165, 1.54) is 31.4 Å². The van der Waals surface area contributed by atoms with Gasteiger partial charge in [-0.1, -0.05) is 6.07 Å². The molecular formula is C19H17F2NO5. The zero-order chi connectivity index (χ0) is 19.6. The van der Waals surface area contributed by atoms with Crippen molar-refractivity contribution in [2.75, 3.05) is 26.9 Å². The minimum absolute atomic E-state index is 0.0457. The molecule has 8 heteroatoms. The monoisotopic (exact) mass is 377 g/mol. The Morgan fingerprint density at radius 3 is 2.59 bits per heavy atom. The number of morpholine rings is 1. The molecule has 2 aromatic carbocycles. The molecule has 1 N–H and O–H groups in total. The fraction of sp³-hybridized carbons (Fsp3) is 0.263. The number of carbonyl (C=O) groups excluding carboxylic acids is 1. The highest BCUT2D eigenvalue weighted by atomic mass is 19.1. The van der Waals surface area contributed by atoms with E-state index in [4.69, 9.17) is 9.47 Å².